The Morgan fingerprint density at radius 3 is 2.57 bits per heavy atom. The minimum absolute atomic E-state index is 0.174. The molecule has 1 aliphatic rings. The van der Waals surface area contributed by atoms with Crippen molar-refractivity contribution in [3.05, 3.63) is 17.5 Å². The fourth-order valence-electron chi connectivity index (χ4n) is 2.95. The number of amides is 1. The Hall–Kier alpha value is -1.63. The quantitative estimate of drug-likeness (QED) is 0.808. The van der Waals surface area contributed by atoms with Gasteiger partial charge >= 0.3 is 0 Å². The number of fused-ring (bicyclic) bond motifs is 1. The molecule has 7 heteroatoms. The second kappa shape index (κ2) is 6.86. The highest BCUT2D eigenvalue weighted by Crippen LogP contribution is 2.23. The van der Waals surface area contributed by atoms with E-state index in [0.717, 1.165) is 37.3 Å². The number of likely N-dealkylation sites (tertiary alicyclic amines) is 1. The first-order valence-electron chi connectivity index (χ1n) is 8.21. The van der Waals surface area contributed by atoms with E-state index < -0.39 is 0 Å². The van der Waals surface area contributed by atoms with Crippen molar-refractivity contribution in [2.75, 3.05) is 13.1 Å². The summed E-state index contributed by atoms with van der Waals surface area (Å²) in [6, 6.07) is 1.97. The van der Waals surface area contributed by atoms with Crippen molar-refractivity contribution in [2.45, 2.75) is 56.9 Å². The fraction of sp³-hybridized carbons (Fsp3) is 0.625. The van der Waals surface area contributed by atoms with Gasteiger partial charge in [0.1, 0.15) is 0 Å². The predicted molar refractivity (Wildman–Crippen MR) is 90.6 cm³/mol. The highest BCUT2D eigenvalue weighted by Gasteiger charge is 2.24. The largest absolute Gasteiger partial charge is 0.342 e. The molecule has 0 saturated carbocycles. The lowest BCUT2D eigenvalue weighted by Gasteiger charge is -2.23. The molecule has 1 atom stereocenters. The van der Waals surface area contributed by atoms with Crippen LogP contribution in [0.25, 0.3) is 5.78 Å². The Kier molecular flexibility index (Phi) is 4.84. The SMILES string of the molecule is Cc1cc(C)n2nc(SC(C)C(=O)N3CCCCCC3)nc2n1. The number of hydrogen-bond acceptors (Lipinski definition) is 5. The lowest BCUT2D eigenvalue weighted by molar-refractivity contribution is -0.130. The van der Waals surface area contributed by atoms with Crippen LogP contribution in [-0.4, -0.2) is 48.7 Å². The topological polar surface area (TPSA) is 63.4 Å². The summed E-state index contributed by atoms with van der Waals surface area (Å²) in [5, 5.41) is 4.91. The van der Waals surface area contributed by atoms with Crippen molar-refractivity contribution in [1.29, 1.82) is 0 Å². The van der Waals surface area contributed by atoms with Crippen molar-refractivity contribution >= 4 is 23.4 Å². The molecule has 0 aromatic carbocycles. The summed E-state index contributed by atoms with van der Waals surface area (Å²) in [5.41, 5.74) is 1.92. The summed E-state index contributed by atoms with van der Waals surface area (Å²) in [6.45, 7) is 7.62. The number of rotatable bonds is 3. The van der Waals surface area contributed by atoms with E-state index in [4.69, 9.17) is 0 Å². The predicted octanol–water partition coefficient (Wildman–Crippen LogP) is 2.62. The maximum Gasteiger partial charge on any atom is 0.253 e. The fourth-order valence-corrected chi connectivity index (χ4v) is 3.78. The molecule has 0 aliphatic carbocycles. The molecule has 1 aliphatic heterocycles. The first-order valence-corrected chi connectivity index (χ1v) is 9.09. The number of aromatic nitrogens is 4. The third-order valence-electron chi connectivity index (χ3n) is 4.15. The number of nitrogens with zero attached hydrogens (tertiary/aromatic N) is 5. The minimum atomic E-state index is -0.174. The molecule has 1 saturated heterocycles. The van der Waals surface area contributed by atoms with Crippen LogP contribution in [-0.2, 0) is 4.79 Å². The molecule has 1 fully saturated rings. The van der Waals surface area contributed by atoms with E-state index in [2.05, 4.69) is 15.1 Å². The van der Waals surface area contributed by atoms with Gasteiger partial charge in [0.2, 0.25) is 11.1 Å². The van der Waals surface area contributed by atoms with Crippen molar-refractivity contribution < 1.29 is 4.79 Å². The van der Waals surface area contributed by atoms with Crippen molar-refractivity contribution in [3.63, 3.8) is 0 Å². The molecule has 6 nitrogen and oxygen atoms in total. The molecule has 3 rings (SSSR count). The normalized spacial score (nSPS) is 17.3. The minimum Gasteiger partial charge on any atom is -0.342 e. The van der Waals surface area contributed by atoms with Gasteiger partial charge in [-0.15, -0.1) is 5.10 Å². The van der Waals surface area contributed by atoms with Crippen molar-refractivity contribution in [2.24, 2.45) is 0 Å². The lowest BCUT2D eigenvalue weighted by Crippen LogP contribution is -2.37. The second-order valence-corrected chi connectivity index (χ2v) is 7.45. The Balaban J connectivity index is 1.73. The zero-order chi connectivity index (χ0) is 16.4. The molecule has 3 heterocycles. The highest BCUT2D eigenvalue weighted by molar-refractivity contribution is 8.00. The second-order valence-electron chi connectivity index (χ2n) is 6.14. The number of thioether (sulfide) groups is 1. The number of aryl methyl sites for hydroxylation is 2. The maximum absolute atomic E-state index is 12.6. The summed E-state index contributed by atoms with van der Waals surface area (Å²) in [5.74, 6) is 0.788. The number of carbonyl (C=O) groups is 1. The summed E-state index contributed by atoms with van der Waals surface area (Å²) in [4.78, 5) is 23.5. The summed E-state index contributed by atoms with van der Waals surface area (Å²) in [7, 11) is 0. The van der Waals surface area contributed by atoms with Crippen LogP contribution in [0.4, 0.5) is 0 Å². The zero-order valence-electron chi connectivity index (χ0n) is 13.9. The van der Waals surface area contributed by atoms with Crippen molar-refractivity contribution in [3.8, 4) is 0 Å². The molecule has 1 amide bonds. The summed E-state index contributed by atoms with van der Waals surface area (Å²) in [6.07, 6.45) is 4.67. The first kappa shape index (κ1) is 16.2. The molecule has 124 valence electrons. The monoisotopic (exact) mass is 333 g/mol. The summed E-state index contributed by atoms with van der Waals surface area (Å²) < 4.78 is 1.73. The van der Waals surface area contributed by atoms with E-state index in [0.29, 0.717) is 10.9 Å². The molecule has 0 radical (unpaired) electrons. The van der Waals surface area contributed by atoms with Crippen LogP contribution < -0.4 is 0 Å². The van der Waals surface area contributed by atoms with Crippen LogP contribution in [0.2, 0.25) is 0 Å². The van der Waals surface area contributed by atoms with Gasteiger partial charge in [-0.05, 0) is 39.7 Å². The molecule has 1 unspecified atom stereocenters. The molecule has 0 bridgehead atoms. The van der Waals surface area contributed by atoms with Gasteiger partial charge < -0.3 is 4.90 Å². The maximum atomic E-state index is 12.6. The van der Waals surface area contributed by atoms with Gasteiger partial charge in [-0.25, -0.2) is 9.50 Å². The molecule has 0 N–H and O–H groups in total. The van der Waals surface area contributed by atoms with Gasteiger partial charge in [-0.3, -0.25) is 4.79 Å². The molecular formula is C16H23N5OS. The molecular weight excluding hydrogens is 310 g/mol. The zero-order valence-corrected chi connectivity index (χ0v) is 14.8. The van der Waals surface area contributed by atoms with Crippen LogP contribution in [0.5, 0.6) is 0 Å². The average Bonchev–Trinajstić information content (AvgIpc) is 2.73. The molecule has 23 heavy (non-hydrogen) atoms. The lowest BCUT2D eigenvalue weighted by atomic mass is 10.2. The summed E-state index contributed by atoms with van der Waals surface area (Å²) >= 11 is 1.42. The highest BCUT2D eigenvalue weighted by atomic mass is 32.2. The van der Waals surface area contributed by atoms with E-state index in [9.17, 15) is 4.79 Å². The van der Waals surface area contributed by atoms with E-state index >= 15 is 0 Å². The van der Waals surface area contributed by atoms with Gasteiger partial charge in [-0.1, -0.05) is 24.6 Å². The first-order chi connectivity index (χ1) is 11.0. The van der Waals surface area contributed by atoms with Crippen LogP contribution in [0.3, 0.4) is 0 Å². The van der Waals surface area contributed by atoms with Gasteiger partial charge in [-0.2, -0.15) is 4.98 Å². The van der Waals surface area contributed by atoms with E-state index in [1.54, 1.807) is 4.52 Å². The Bertz CT molecular complexity index is 706. The van der Waals surface area contributed by atoms with Crippen LogP contribution >= 0.6 is 11.8 Å². The van der Waals surface area contributed by atoms with Crippen LogP contribution in [0.1, 0.15) is 44.0 Å². The number of carbonyl (C=O) groups excluding carboxylic acids is 1. The van der Waals surface area contributed by atoms with Crippen LogP contribution in [0, 0.1) is 13.8 Å². The third kappa shape index (κ3) is 3.65. The molecule has 0 spiro atoms. The van der Waals surface area contributed by atoms with E-state index in [1.165, 1.54) is 24.6 Å². The van der Waals surface area contributed by atoms with Gasteiger partial charge in [0.15, 0.2) is 0 Å². The van der Waals surface area contributed by atoms with Gasteiger partial charge in [0, 0.05) is 24.5 Å². The smallest absolute Gasteiger partial charge is 0.253 e. The standard InChI is InChI=1S/C16H23N5OS/c1-11-10-12(2)21-15(17-11)18-16(19-21)23-13(3)14(22)20-8-6-4-5-7-9-20/h10,13H,4-9H2,1-3H3. The van der Waals surface area contributed by atoms with Gasteiger partial charge in [0.05, 0.1) is 5.25 Å². The van der Waals surface area contributed by atoms with E-state index in [1.807, 2.05) is 31.7 Å². The van der Waals surface area contributed by atoms with Crippen LogP contribution in [0.15, 0.2) is 11.2 Å². The Morgan fingerprint density at radius 1 is 1.17 bits per heavy atom. The van der Waals surface area contributed by atoms with E-state index in [-0.39, 0.29) is 11.2 Å². The van der Waals surface area contributed by atoms with Gasteiger partial charge in [0.25, 0.3) is 5.78 Å². The average molecular weight is 333 g/mol. The third-order valence-corrected chi connectivity index (χ3v) is 5.09. The molecule has 2 aromatic rings. The van der Waals surface area contributed by atoms with Crippen molar-refractivity contribution in [1.82, 2.24) is 24.5 Å². The Morgan fingerprint density at radius 2 is 1.87 bits per heavy atom. The Labute approximate surface area is 140 Å². The number of hydrogen-bond donors (Lipinski definition) is 0. The molecule has 2 aromatic heterocycles.